The van der Waals surface area contributed by atoms with E-state index >= 15 is 0 Å². The van der Waals surface area contributed by atoms with Gasteiger partial charge in [0.2, 0.25) is 0 Å². The van der Waals surface area contributed by atoms with Crippen LogP contribution in [-0.2, 0) is 9.47 Å². The Balaban J connectivity index is 2.66. The molecule has 1 atom stereocenters. The smallest absolute Gasteiger partial charge is 0.407 e. The van der Waals surface area contributed by atoms with Crippen molar-refractivity contribution >= 4 is 11.8 Å². The summed E-state index contributed by atoms with van der Waals surface area (Å²) in [5.74, 6) is 0. The number of anilines is 1. The van der Waals surface area contributed by atoms with Gasteiger partial charge < -0.3 is 24.8 Å². The third-order valence-electron chi connectivity index (χ3n) is 3.29. The fourth-order valence-corrected chi connectivity index (χ4v) is 2.26. The van der Waals surface area contributed by atoms with Crippen LogP contribution in [0.4, 0.5) is 10.5 Å². The molecule has 136 valence electrons. The van der Waals surface area contributed by atoms with Crippen LogP contribution in [0.15, 0.2) is 24.3 Å². The Morgan fingerprint density at radius 1 is 1.33 bits per heavy atom. The van der Waals surface area contributed by atoms with Crippen molar-refractivity contribution < 1.29 is 19.4 Å². The number of methoxy groups -OCH3 is 1. The molecule has 0 fully saturated rings. The average molecular weight is 338 g/mol. The molecule has 0 saturated heterocycles. The molecule has 1 rings (SSSR count). The average Bonchev–Trinajstić information content (AvgIpc) is 2.51. The summed E-state index contributed by atoms with van der Waals surface area (Å²) in [6.07, 6.45) is -0.375. The Morgan fingerprint density at radius 2 is 2.04 bits per heavy atom. The summed E-state index contributed by atoms with van der Waals surface area (Å²) in [7, 11) is 1.46. The zero-order chi connectivity index (χ0) is 18.2. The molecule has 0 heterocycles. The van der Waals surface area contributed by atoms with Crippen molar-refractivity contribution in [2.45, 2.75) is 46.0 Å². The van der Waals surface area contributed by atoms with Crippen molar-refractivity contribution in [2.75, 3.05) is 31.6 Å². The molecule has 0 radical (unpaired) electrons. The molecule has 1 amide bonds. The van der Waals surface area contributed by atoms with Crippen LogP contribution in [0.25, 0.3) is 0 Å². The first-order valence-electron chi connectivity index (χ1n) is 8.29. The predicted octanol–water partition coefficient (Wildman–Crippen LogP) is 3.07. The first kappa shape index (κ1) is 20.3. The maximum absolute atomic E-state index is 11.7. The summed E-state index contributed by atoms with van der Waals surface area (Å²) >= 11 is 0. The number of alkyl carbamates (subject to hydrolysis) is 1. The van der Waals surface area contributed by atoms with Gasteiger partial charge in [0.05, 0.1) is 0 Å². The molecule has 0 aliphatic carbocycles. The van der Waals surface area contributed by atoms with Crippen molar-refractivity contribution in [2.24, 2.45) is 0 Å². The lowest BCUT2D eigenvalue weighted by atomic mass is 10.1. The lowest BCUT2D eigenvalue weighted by molar-refractivity contribution is -0.0769. The first-order valence-corrected chi connectivity index (χ1v) is 8.29. The van der Waals surface area contributed by atoms with E-state index in [0.717, 1.165) is 18.7 Å². The van der Waals surface area contributed by atoms with E-state index in [1.54, 1.807) is 0 Å². The van der Waals surface area contributed by atoms with E-state index in [9.17, 15) is 9.90 Å². The number of rotatable bonds is 8. The topological polar surface area (TPSA) is 71.0 Å². The number of carbonyl (C=O) groups is 1. The van der Waals surface area contributed by atoms with Gasteiger partial charge in [-0.1, -0.05) is 19.1 Å². The minimum Gasteiger partial charge on any atom is -0.444 e. The summed E-state index contributed by atoms with van der Waals surface area (Å²) in [5.41, 5.74) is 1.19. The van der Waals surface area contributed by atoms with Gasteiger partial charge in [-0.25, -0.2) is 4.79 Å². The summed E-state index contributed by atoms with van der Waals surface area (Å²) in [6.45, 7) is 9.59. The number of nitrogens with zero attached hydrogens (tertiary/aromatic N) is 1. The number of nitrogens with one attached hydrogen (secondary N) is 1. The molecule has 0 aromatic heterocycles. The molecule has 6 nitrogen and oxygen atoms in total. The van der Waals surface area contributed by atoms with Crippen molar-refractivity contribution in [1.29, 1.82) is 0 Å². The summed E-state index contributed by atoms with van der Waals surface area (Å²) < 4.78 is 10.2. The number of benzene rings is 1. The monoisotopic (exact) mass is 338 g/mol. The molecule has 1 unspecified atom stereocenters. The van der Waals surface area contributed by atoms with Crippen LogP contribution >= 0.6 is 0 Å². The van der Waals surface area contributed by atoms with Crippen LogP contribution in [0.2, 0.25) is 0 Å². The van der Waals surface area contributed by atoms with Crippen molar-refractivity contribution in [1.82, 2.24) is 5.32 Å². The zero-order valence-corrected chi connectivity index (χ0v) is 15.3. The summed E-state index contributed by atoms with van der Waals surface area (Å²) in [4.78, 5) is 13.9. The third kappa shape index (κ3) is 7.19. The molecule has 24 heavy (non-hydrogen) atoms. The molecule has 0 bridgehead atoms. The zero-order valence-electron chi connectivity index (χ0n) is 15.3. The van der Waals surface area contributed by atoms with Crippen LogP contribution in [-0.4, -0.2) is 43.5 Å². The number of amides is 1. The van der Waals surface area contributed by atoms with Crippen LogP contribution in [0.3, 0.4) is 0 Å². The highest BCUT2D eigenvalue weighted by atomic mass is 16.6. The Labute approximate surface area is 144 Å². The van der Waals surface area contributed by atoms with Gasteiger partial charge in [-0.2, -0.15) is 0 Å². The number of hydrogen-bond acceptors (Lipinski definition) is 5. The van der Waals surface area contributed by atoms with Crippen LogP contribution in [0.5, 0.6) is 0 Å². The van der Waals surface area contributed by atoms with Gasteiger partial charge >= 0.3 is 6.09 Å². The molecule has 0 aliphatic rings. The van der Waals surface area contributed by atoms with Crippen molar-refractivity contribution in [3.05, 3.63) is 29.8 Å². The molecule has 0 saturated carbocycles. The second-order valence-electron chi connectivity index (χ2n) is 6.60. The molecular formula is C18H30N2O4. The minimum absolute atomic E-state index is 0.414. The first-order chi connectivity index (χ1) is 11.3. The Bertz CT molecular complexity index is 514. The Hall–Kier alpha value is -1.79. The van der Waals surface area contributed by atoms with E-state index in [1.165, 1.54) is 7.11 Å². The maximum atomic E-state index is 11.7. The summed E-state index contributed by atoms with van der Waals surface area (Å²) in [5, 5.41) is 12.6. The maximum Gasteiger partial charge on any atom is 0.407 e. The Kier molecular flexibility index (Phi) is 8.01. The number of aliphatic hydroxyl groups is 1. The van der Waals surface area contributed by atoms with E-state index in [1.807, 2.05) is 45.0 Å². The van der Waals surface area contributed by atoms with E-state index in [4.69, 9.17) is 9.47 Å². The molecule has 0 spiro atoms. The van der Waals surface area contributed by atoms with Crippen LogP contribution in [0, 0.1) is 0 Å². The molecule has 0 aliphatic heterocycles. The molecule has 1 aromatic carbocycles. The fraction of sp³-hybridized carbons (Fsp3) is 0.611. The molecular weight excluding hydrogens is 308 g/mol. The van der Waals surface area contributed by atoms with Crippen LogP contribution in [0.1, 0.15) is 46.0 Å². The second-order valence-corrected chi connectivity index (χ2v) is 6.60. The van der Waals surface area contributed by atoms with Gasteiger partial charge in [-0.3, -0.25) is 0 Å². The molecule has 2 N–H and O–H groups in total. The van der Waals surface area contributed by atoms with Crippen LogP contribution < -0.4 is 10.2 Å². The predicted molar refractivity (Wildman–Crippen MR) is 95.2 cm³/mol. The summed E-state index contributed by atoms with van der Waals surface area (Å²) in [6, 6.07) is 7.59. The van der Waals surface area contributed by atoms with E-state index in [0.29, 0.717) is 18.7 Å². The number of ether oxygens (including phenoxy) is 2. The van der Waals surface area contributed by atoms with Gasteiger partial charge in [0.15, 0.2) is 6.29 Å². The normalized spacial score (nSPS) is 12.6. The largest absolute Gasteiger partial charge is 0.444 e. The second kappa shape index (κ2) is 9.49. The van der Waals surface area contributed by atoms with E-state index in [-0.39, 0.29) is 0 Å². The molecule has 6 heteroatoms. The standard InChI is InChI=1S/C18H30N2O4/c1-6-11-20(12-10-19-17(22)24-18(2,3)4)15-9-7-8-14(13-15)16(21)23-5/h7-9,13,16,21H,6,10-12H2,1-5H3,(H,19,22). The van der Waals surface area contributed by atoms with Crippen molar-refractivity contribution in [3.8, 4) is 0 Å². The molecule has 1 aromatic rings. The lowest BCUT2D eigenvalue weighted by Crippen LogP contribution is -2.38. The van der Waals surface area contributed by atoms with Gasteiger partial charge in [0.1, 0.15) is 5.60 Å². The third-order valence-corrected chi connectivity index (χ3v) is 3.29. The van der Waals surface area contributed by atoms with Gasteiger partial charge in [-0.15, -0.1) is 0 Å². The van der Waals surface area contributed by atoms with Crippen molar-refractivity contribution in [3.63, 3.8) is 0 Å². The van der Waals surface area contributed by atoms with E-state index in [2.05, 4.69) is 17.1 Å². The quantitative estimate of drug-likeness (QED) is 0.713. The minimum atomic E-state index is -0.937. The highest BCUT2D eigenvalue weighted by molar-refractivity contribution is 5.67. The Morgan fingerprint density at radius 3 is 2.62 bits per heavy atom. The van der Waals surface area contributed by atoms with Gasteiger partial charge in [-0.05, 0) is 39.3 Å². The van der Waals surface area contributed by atoms with Gasteiger partial charge in [0.25, 0.3) is 0 Å². The highest BCUT2D eigenvalue weighted by Crippen LogP contribution is 2.21. The van der Waals surface area contributed by atoms with E-state index < -0.39 is 18.0 Å². The fourth-order valence-electron chi connectivity index (χ4n) is 2.26. The highest BCUT2D eigenvalue weighted by Gasteiger charge is 2.16. The lowest BCUT2D eigenvalue weighted by Gasteiger charge is -2.26. The number of carbonyl (C=O) groups excluding carboxylic acids is 1. The SMILES string of the molecule is CCCN(CCNC(=O)OC(C)(C)C)c1cccc(C(O)OC)c1. The number of aliphatic hydroxyl groups excluding tert-OH is 1. The van der Waals surface area contributed by atoms with Gasteiger partial charge in [0, 0.05) is 38.0 Å². The number of hydrogen-bond donors (Lipinski definition) is 2.